The number of aromatic nitrogens is 3. The molecule has 2 rings (SSSR count). The number of methoxy groups -OCH3 is 1. The minimum absolute atomic E-state index is 0.104. The number of ether oxygens (including phenoxy) is 1. The Kier molecular flexibility index (Phi) is 4.89. The smallest absolute Gasteiger partial charge is 0.242 e. The maximum atomic E-state index is 12.0. The van der Waals surface area contributed by atoms with Crippen molar-refractivity contribution in [1.29, 1.82) is 0 Å². The van der Waals surface area contributed by atoms with Crippen molar-refractivity contribution >= 4 is 5.91 Å². The van der Waals surface area contributed by atoms with Crippen LogP contribution in [0.15, 0.2) is 30.5 Å². The first-order chi connectivity index (χ1) is 10.1. The summed E-state index contributed by atoms with van der Waals surface area (Å²) < 4.78 is 6.76. The summed E-state index contributed by atoms with van der Waals surface area (Å²) in [5.74, 6) is 0.596. The van der Waals surface area contributed by atoms with E-state index in [1.54, 1.807) is 13.3 Å². The number of carbonyl (C=O) groups excluding carboxylic acids is 1. The molecule has 3 N–H and O–H groups in total. The van der Waals surface area contributed by atoms with Crippen LogP contribution in [-0.2, 0) is 17.9 Å². The SMILES string of the molecule is COc1ccccc1[C@@H](C)NC(=O)Cn1cc(CN)nn1. The van der Waals surface area contributed by atoms with Crippen molar-refractivity contribution in [2.45, 2.75) is 26.1 Å². The lowest BCUT2D eigenvalue weighted by atomic mass is 10.1. The average molecular weight is 289 g/mol. The van der Waals surface area contributed by atoms with Crippen molar-refractivity contribution in [1.82, 2.24) is 20.3 Å². The highest BCUT2D eigenvalue weighted by Gasteiger charge is 2.14. The molecule has 0 aliphatic carbocycles. The molecule has 7 heteroatoms. The monoisotopic (exact) mass is 289 g/mol. The first kappa shape index (κ1) is 15.0. The Morgan fingerprint density at radius 1 is 1.48 bits per heavy atom. The first-order valence-electron chi connectivity index (χ1n) is 6.65. The van der Waals surface area contributed by atoms with Gasteiger partial charge in [0.1, 0.15) is 12.3 Å². The van der Waals surface area contributed by atoms with Gasteiger partial charge in [0.05, 0.1) is 25.0 Å². The normalized spacial score (nSPS) is 12.0. The van der Waals surface area contributed by atoms with Gasteiger partial charge in [-0.25, -0.2) is 4.68 Å². The number of benzene rings is 1. The lowest BCUT2D eigenvalue weighted by molar-refractivity contribution is -0.122. The van der Waals surface area contributed by atoms with Gasteiger partial charge in [0.2, 0.25) is 5.91 Å². The number of hydrogen-bond donors (Lipinski definition) is 2. The number of rotatable bonds is 6. The molecular formula is C14H19N5O2. The van der Waals surface area contributed by atoms with E-state index in [4.69, 9.17) is 10.5 Å². The van der Waals surface area contributed by atoms with Crippen molar-refractivity contribution in [3.05, 3.63) is 41.7 Å². The van der Waals surface area contributed by atoms with Gasteiger partial charge in [0.15, 0.2) is 0 Å². The Morgan fingerprint density at radius 2 is 2.24 bits per heavy atom. The van der Waals surface area contributed by atoms with E-state index in [0.29, 0.717) is 12.2 Å². The van der Waals surface area contributed by atoms with E-state index in [0.717, 1.165) is 11.3 Å². The van der Waals surface area contributed by atoms with E-state index in [-0.39, 0.29) is 18.5 Å². The third-order valence-electron chi connectivity index (χ3n) is 3.08. The van der Waals surface area contributed by atoms with E-state index >= 15 is 0 Å². The van der Waals surface area contributed by atoms with Crippen LogP contribution in [0.2, 0.25) is 0 Å². The van der Waals surface area contributed by atoms with Crippen LogP contribution >= 0.6 is 0 Å². The largest absolute Gasteiger partial charge is 0.496 e. The summed E-state index contributed by atoms with van der Waals surface area (Å²) in [6.07, 6.45) is 1.66. The summed E-state index contributed by atoms with van der Waals surface area (Å²) in [6, 6.07) is 7.42. The number of nitrogens with one attached hydrogen (secondary N) is 1. The molecule has 0 spiro atoms. The Hall–Kier alpha value is -2.41. The molecule has 112 valence electrons. The highest BCUT2D eigenvalue weighted by Crippen LogP contribution is 2.24. The van der Waals surface area contributed by atoms with Gasteiger partial charge in [-0.1, -0.05) is 23.4 Å². The van der Waals surface area contributed by atoms with Gasteiger partial charge in [-0.05, 0) is 13.0 Å². The summed E-state index contributed by atoms with van der Waals surface area (Å²) in [7, 11) is 1.61. The minimum atomic E-state index is -0.161. The van der Waals surface area contributed by atoms with Crippen LogP contribution in [0.1, 0.15) is 24.2 Å². The number of nitrogens with two attached hydrogens (primary N) is 1. The molecule has 1 amide bonds. The van der Waals surface area contributed by atoms with Crippen molar-refractivity contribution in [2.75, 3.05) is 7.11 Å². The maximum Gasteiger partial charge on any atom is 0.242 e. The van der Waals surface area contributed by atoms with Crippen LogP contribution < -0.4 is 15.8 Å². The lowest BCUT2D eigenvalue weighted by Gasteiger charge is -2.17. The Labute approximate surface area is 123 Å². The molecule has 0 fully saturated rings. The fourth-order valence-electron chi connectivity index (χ4n) is 2.05. The molecule has 0 radical (unpaired) electrons. The van der Waals surface area contributed by atoms with Gasteiger partial charge in [-0.3, -0.25) is 4.79 Å². The fourth-order valence-corrected chi connectivity index (χ4v) is 2.05. The molecule has 0 unspecified atom stereocenters. The predicted octanol–water partition coefficient (Wildman–Crippen LogP) is 0.623. The van der Waals surface area contributed by atoms with Gasteiger partial charge in [0.25, 0.3) is 0 Å². The van der Waals surface area contributed by atoms with Crippen LogP contribution in [-0.4, -0.2) is 28.0 Å². The van der Waals surface area contributed by atoms with Gasteiger partial charge in [-0.15, -0.1) is 5.10 Å². The zero-order valence-corrected chi connectivity index (χ0v) is 12.1. The Bertz CT molecular complexity index is 611. The molecule has 1 aromatic carbocycles. The summed E-state index contributed by atoms with van der Waals surface area (Å²) in [6.45, 7) is 2.31. The zero-order chi connectivity index (χ0) is 15.2. The van der Waals surface area contributed by atoms with Crippen molar-refractivity contribution in [2.24, 2.45) is 5.73 Å². The molecule has 2 aromatic rings. The molecule has 0 saturated heterocycles. The van der Waals surface area contributed by atoms with Crippen molar-refractivity contribution in [3.8, 4) is 5.75 Å². The van der Waals surface area contributed by atoms with E-state index in [1.165, 1.54) is 4.68 Å². The van der Waals surface area contributed by atoms with E-state index in [9.17, 15) is 4.79 Å². The third-order valence-corrected chi connectivity index (χ3v) is 3.08. The second-order valence-corrected chi connectivity index (χ2v) is 4.64. The third kappa shape index (κ3) is 3.79. The van der Waals surface area contributed by atoms with Crippen LogP contribution in [0.4, 0.5) is 0 Å². The Morgan fingerprint density at radius 3 is 2.90 bits per heavy atom. The average Bonchev–Trinajstić information content (AvgIpc) is 2.94. The zero-order valence-electron chi connectivity index (χ0n) is 12.1. The number of nitrogens with zero attached hydrogens (tertiary/aromatic N) is 3. The number of hydrogen-bond acceptors (Lipinski definition) is 5. The molecule has 1 aromatic heterocycles. The molecule has 0 bridgehead atoms. The molecule has 7 nitrogen and oxygen atoms in total. The molecule has 0 saturated carbocycles. The fraction of sp³-hybridized carbons (Fsp3) is 0.357. The summed E-state index contributed by atoms with van der Waals surface area (Å²) in [5, 5.41) is 10.6. The number of carbonyl (C=O) groups is 1. The second kappa shape index (κ2) is 6.85. The van der Waals surface area contributed by atoms with Crippen molar-refractivity contribution < 1.29 is 9.53 Å². The predicted molar refractivity (Wildman–Crippen MR) is 77.5 cm³/mol. The van der Waals surface area contributed by atoms with Gasteiger partial charge in [0, 0.05) is 12.1 Å². The molecule has 21 heavy (non-hydrogen) atoms. The molecule has 1 atom stereocenters. The second-order valence-electron chi connectivity index (χ2n) is 4.64. The number of para-hydroxylation sites is 1. The maximum absolute atomic E-state index is 12.0. The quantitative estimate of drug-likeness (QED) is 0.813. The highest BCUT2D eigenvalue weighted by atomic mass is 16.5. The topological polar surface area (TPSA) is 95.1 Å². The summed E-state index contributed by atoms with van der Waals surface area (Å²) >= 11 is 0. The summed E-state index contributed by atoms with van der Waals surface area (Å²) in [5.41, 5.74) is 7.03. The van der Waals surface area contributed by atoms with Crippen LogP contribution in [0.25, 0.3) is 0 Å². The van der Waals surface area contributed by atoms with E-state index < -0.39 is 0 Å². The lowest BCUT2D eigenvalue weighted by Crippen LogP contribution is -2.30. The molecule has 0 aliphatic rings. The Balaban J connectivity index is 1.98. The standard InChI is InChI=1S/C14H19N5O2/c1-10(12-5-3-4-6-13(12)21-2)16-14(20)9-19-8-11(7-15)17-18-19/h3-6,8,10H,7,9,15H2,1-2H3,(H,16,20)/t10-/m1/s1. The van der Waals surface area contributed by atoms with Crippen LogP contribution in [0, 0.1) is 0 Å². The number of amides is 1. The summed E-state index contributed by atoms with van der Waals surface area (Å²) in [4.78, 5) is 12.0. The highest BCUT2D eigenvalue weighted by molar-refractivity contribution is 5.76. The van der Waals surface area contributed by atoms with Crippen LogP contribution in [0.5, 0.6) is 5.75 Å². The first-order valence-corrected chi connectivity index (χ1v) is 6.65. The van der Waals surface area contributed by atoms with Gasteiger partial charge in [-0.2, -0.15) is 0 Å². The van der Waals surface area contributed by atoms with Gasteiger partial charge < -0.3 is 15.8 Å². The molecule has 0 aliphatic heterocycles. The van der Waals surface area contributed by atoms with Crippen LogP contribution in [0.3, 0.4) is 0 Å². The molecular weight excluding hydrogens is 270 g/mol. The van der Waals surface area contributed by atoms with Gasteiger partial charge >= 0.3 is 0 Å². The molecule has 1 heterocycles. The van der Waals surface area contributed by atoms with E-state index in [2.05, 4.69) is 15.6 Å². The van der Waals surface area contributed by atoms with Crippen molar-refractivity contribution in [3.63, 3.8) is 0 Å². The van der Waals surface area contributed by atoms with E-state index in [1.807, 2.05) is 31.2 Å². The minimum Gasteiger partial charge on any atom is -0.496 e.